The zero-order valence-electron chi connectivity index (χ0n) is 15.2. The lowest BCUT2D eigenvalue weighted by molar-refractivity contribution is -0.116. The van der Waals surface area contributed by atoms with Crippen molar-refractivity contribution >= 4 is 22.6 Å². The molecule has 0 aliphatic carbocycles. The lowest BCUT2D eigenvalue weighted by Gasteiger charge is -2.11. The van der Waals surface area contributed by atoms with Gasteiger partial charge in [-0.2, -0.15) is 0 Å². The first-order valence-electron chi connectivity index (χ1n) is 9.04. The van der Waals surface area contributed by atoms with Gasteiger partial charge in [-0.25, -0.2) is 4.98 Å². The van der Waals surface area contributed by atoms with Crippen LogP contribution in [-0.4, -0.2) is 15.5 Å². The second-order valence-electron chi connectivity index (χ2n) is 6.63. The third-order valence-corrected chi connectivity index (χ3v) is 4.66. The van der Waals surface area contributed by atoms with Crippen LogP contribution in [0.15, 0.2) is 78.9 Å². The van der Waals surface area contributed by atoms with Crippen molar-refractivity contribution in [2.24, 2.45) is 0 Å². The van der Waals surface area contributed by atoms with Crippen LogP contribution in [0.3, 0.4) is 0 Å². The summed E-state index contributed by atoms with van der Waals surface area (Å²) in [5, 5.41) is 3.02. The molecule has 0 fully saturated rings. The van der Waals surface area contributed by atoms with E-state index in [0.29, 0.717) is 6.42 Å². The lowest BCUT2D eigenvalue weighted by Crippen LogP contribution is -2.20. The Balaban J connectivity index is 1.64. The number of hydrogen-bond acceptors (Lipinski definition) is 2. The number of para-hydroxylation sites is 3. The number of amides is 1. The van der Waals surface area contributed by atoms with Crippen LogP contribution in [0.4, 0.5) is 5.69 Å². The first-order valence-corrected chi connectivity index (χ1v) is 9.04. The molecule has 1 amide bonds. The molecule has 3 aromatic carbocycles. The van der Waals surface area contributed by atoms with Crippen molar-refractivity contribution in [2.75, 3.05) is 5.32 Å². The van der Waals surface area contributed by atoms with Gasteiger partial charge in [0, 0.05) is 12.1 Å². The molecular weight excluding hydrogens is 334 g/mol. The van der Waals surface area contributed by atoms with E-state index in [9.17, 15) is 4.79 Å². The summed E-state index contributed by atoms with van der Waals surface area (Å²) >= 11 is 0. The van der Waals surface area contributed by atoms with Crippen LogP contribution in [0.2, 0.25) is 0 Å². The molecule has 27 heavy (non-hydrogen) atoms. The van der Waals surface area contributed by atoms with Crippen molar-refractivity contribution in [1.82, 2.24) is 9.55 Å². The molecule has 0 bridgehead atoms. The fourth-order valence-corrected chi connectivity index (χ4v) is 3.26. The topological polar surface area (TPSA) is 46.9 Å². The Morgan fingerprint density at radius 3 is 2.44 bits per heavy atom. The molecule has 4 rings (SSSR count). The largest absolute Gasteiger partial charge is 0.324 e. The molecule has 134 valence electrons. The molecule has 0 saturated carbocycles. The van der Waals surface area contributed by atoms with Gasteiger partial charge in [-0.05, 0) is 36.2 Å². The summed E-state index contributed by atoms with van der Waals surface area (Å²) in [6, 6.07) is 26.0. The molecule has 4 heteroatoms. The fraction of sp³-hybridized carbons (Fsp3) is 0.130. The average Bonchev–Trinajstić information content (AvgIpc) is 3.02. The number of fused-ring (bicyclic) bond motifs is 1. The maximum atomic E-state index is 12.7. The van der Waals surface area contributed by atoms with E-state index in [1.54, 1.807) is 0 Å². The summed E-state index contributed by atoms with van der Waals surface area (Å²) in [5.41, 5.74) is 4.95. The molecule has 0 aliphatic rings. The van der Waals surface area contributed by atoms with E-state index >= 15 is 0 Å². The van der Waals surface area contributed by atoms with Crippen LogP contribution in [-0.2, 0) is 17.8 Å². The second kappa shape index (κ2) is 7.46. The molecule has 0 radical (unpaired) electrons. The van der Waals surface area contributed by atoms with Gasteiger partial charge in [0.2, 0.25) is 5.91 Å². The van der Waals surface area contributed by atoms with Gasteiger partial charge in [-0.3, -0.25) is 4.79 Å². The number of anilines is 1. The number of carbonyl (C=O) groups excluding carboxylic acids is 1. The van der Waals surface area contributed by atoms with Crippen LogP contribution >= 0.6 is 0 Å². The third-order valence-electron chi connectivity index (χ3n) is 4.66. The van der Waals surface area contributed by atoms with Crippen molar-refractivity contribution < 1.29 is 4.79 Å². The van der Waals surface area contributed by atoms with E-state index in [0.717, 1.165) is 28.1 Å². The molecule has 1 heterocycles. The normalized spacial score (nSPS) is 10.9. The molecule has 0 unspecified atom stereocenters. The fourth-order valence-electron chi connectivity index (χ4n) is 3.26. The monoisotopic (exact) mass is 355 g/mol. The highest BCUT2D eigenvalue weighted by Crippen LogP contribution is 2.19. The van der Waals surface area contributed by atoms with Gasteiger partial charge in [0.15, 0.2) is 0 Å². The van der Waals surface area contributed by atoms with Crippen LogP contribution < -0.4 is 5.32 Å². The van der Waals surface area contributed by atoms with Gasteiger partial charge in [-0.1, -0.05) is 60.7 Å². The molecule has 0 saturated heterocycles. The van der Waals surface area contributed by atoms with Crippen molar-refractivity contribution in [3.8, 4) is 0 Å². The first-order chi connectivity index (χ1) is 13.2. The average molecular weight is 355 g/mol. The maximum absolute atomic E-state index is 12.7. The van der Waals surface area contributed by atoms with Gasteiger partial charge in [0.05, 0.1) is 11.0 Å². The van der Waals surface area contributed by atoms with Crippen LogP contribution in [0.5, 0.6) is 0 Å². The minimum absolute atomic E-state index is 0.0539. The minimum atomic E-state index is -0.0539. The molecule has 1 aromatic heterocycles. The Labute approximate surface area is 158 Å². The number of hydrogen-bond donors (Lipinski definition) is 1. The molecule has 0 spiro atoms. The van der Waals surface area contributed by atoms with E-state index in [2.05, 4.69) is 17.4 Å². The molecule has 1 N–H and O–H groups in total. The summed E-state index contributed by atoms with van der Waals surface area (Å²) in [5.74, 6) is 0.837. The van der Waals surface area contributed by atoms with Crippen LogP contribution in [0.25, 0.3) is 11.0 Å². The Kier molecular flexibility index (Phi) is 4.71. The van der Waals surface area contributed by atoms with E-state index in [4.69, 9.17) is 4.98 Å². The number of benzene rings is 3. The van der Waals surface area contributed by atoms with Crippen LogP contribution in [0, 0.1) is 6.92 Å². The van der Waals surface area contributed by atoms with Gasteiger partial charge in [0.1, 0.15) is 12.4 Å². The standard InChI is InChI=1S/C23H21N3O/c1-17-9-5-6-12-19(17)25-23(27)16-26-21-14-8-7-13-20(21)24-22(26)15-18-10-3-2-4-11-18/h2-14H,15-16H2,1H3,(H,25,27). The van der Waals surface area contributed by atoms with Crippen molar-refractivity contribution in [3.05, 3.63) is 95.8 Å². The highest BCUT2D eigenvalue weighted by Gasteiger charge is 2.14. The summed E-state index contributed by atoms with van der Waals surface area (Å²) in [6.07, 6.45) is 0.688. The highest BCUT2D eigenvalue weighted by molar-refractivity contribution is 5.92. The number of aryl methyl sites for hydroxylation is 1. The predicted molar refractivity (Wildman–Crippen MR) is 109 cm³/mol. The maximum Gasteiger partial charge on any atom is 0.244 e. The number of carbonyl (C=O) groups is 1. The number of nitrogens with zero attached hydrogens (tertiary/aromatic N) is 2. The summed E-state index contributed by atoms with van der Waals surface area (Å²) < 4.78 is 2.01. The number of nitrogens with one attached hydrogen (secondary N) is 1. The van der Waals surface area contributed by atoms with Crippen molar-refractivity contribution in [3.63, 3.8) is 0 Å². The zero-order chi connectivity index (χ0) is 18.6. The Morgan fingerprint density at radius 1 is 0.926 bits per heavy atom. The molecule has 0 atom stereocenters. The zero-order valence-corrected chi connectivity index (χ0v) is 15.2. The first kappa shape index (κ1) is 17.0. The van der Waals surface area contributed by atoms with E-state index < -0.39 is 0 Å². The van der Waals surface area contributed by atoms with E-state index in [1.807, 2.05) is 78.2 Å². The lowest BCUT2D eigenvalue weighted by atomic mass is 10.1. The predicted octanol–water partition coefficient (Wildman–Crippen LogP) is 4.57. The molecule has 4 aromatic rings. The second-order valence-corrected chi connectivity index (χ2v) is 6.63. The summed E-state index contributed by atoms with van der Waals surface area (Å²) in [7, 11) is 0. The quantitative estimate of drug-likeness (QED) is 0.570. The van der Waals surface area contributed by atoms with Gasteiger partial charge in [0.25, 0.3) is 0 Å². The molecule has 0 aliphatic heterocycles. The van der Waals surface area contributed by atoms with Gasteiger partial charge in [-0.15, -0.1) is 0 Å². The minimum Gasteiger partial charge on any atom is -0.324 e. The van der Waals surface area contributed by atoms with Crippen LogP contribution in [0.1, 0.15) is 17.0 Å². The molecular formula is C23H21N3O. The third kappa shape index (κ3) is 3.75. The van der Waals surface area contributed by atoms with Gasteiger partial charge >= 0.3 is 0 Å². The number of rotatable bonds is 5. The van der Waals surface area contributed by atoms with E-state index in [-0.39, 0.29) is 12.5 Å². The number of imidazole rings is 1. The Hall–Kier alpha value is -3.40. The Morgan fingerprint density at radius 2 is 1.63 bits per heavy atom. The Bertz CT molecular complexity index is 1080. The molecule has 4 nitrogen and oxygen atoms in total. The van der Waals surface area contributed by atoms with Crippen molar-refractivity contribution in [2.45, 2.75) is 19.9 Å². The highest BCUT2D eigenvalue weighted by atomic mass is 16.1. The summed E-state index contributed by atoms with van der Waals surface area (Å²) in [4.78, 5) is 17.5. The smallest absolute Gasteiger partial charge is 0.244 e. The SMILES string of the molecule is Cc1ccccc1NC(=O)Cn1c(Cc2ccccc2)nc2ccccc21. The van der Waals surface area contributed by atoms with E-state index in [1.165, 1.54) is 5.56 Å². The summed E-state index contributed by atoms with van der Waals surface area (Å²) in [6.45, 7) is 2.22. The van der Waals surface area contributed by atoms with Gasteiger partial charge < -0.3 is 9.88 Å². The number of aromatic nitrogens is 2. The van der Waals surface area contributed by atoms with Crippen molar-refractivity contribution in [1.29, 1.82) is 0 Å².